The molecule has 0 bridgehead atoms. The standard InChI is InChI=1S/C16H22N2O4/c1-21-10-14(17)15(19)18-12-8-6-11(7-9-12)16(20)22-13-4-2-3-5-13/h6-9,13-14H,2-5,10,17H2,1H3,(H,18,19)/t14-/m0/s1. The first-order valence-electron chi connectivity index (χ1n) is 7.46. The molecule has 1 aliphatic carbocycles. The van der Waals surface area contributed by atoms with Crippen LogP contribution < -0.4 is 11.1 Å². The average molecular weight is 306 g/mol. The van der Waals surface area contributed by atoms with Crippen molar-refractivity contribution >= 4 is 17.6 Å². The first-order valence-corrected chi connectivity index (χ1v) is 7.46. The van der Waals surface area contributed by atoms with Crippen molar-refractivity contribution in [1.29, 1.82) is 0 Å². The molecule has 1 aromatic carbocycles. The molecular weight excluding hydrogens is 284 g/mol. The van der Waals surface area contributed by atoms with Crippen LogP contribution >= 0.6 is 0 Å². The summed E-state index contributed by atoms with van der Waals surface area (Å²) in [5.74, 6) is -0.649. The highest BCUT2D eigenvalue weighted by atomic mass is 16.5. The monoisotopic (exact) mass is 306 g/mol. The molecule has 1 aromatic rings. The van der Waals surface area contributed by atoms with Crippen molar-refractivity contribution in [2.24, 2.45) is 5.73 Å². The molecular formula is C16H22N2O4. The Balaban J connectivity index is 1.89. The highest BCUT2D eigenvalue weighted by molar-refractivity contribution is 5.95. The maximum Gasteiger partial charge on any atom is 0.338 e. The summed E-state index contributed by atoms with van der Waals surface area (Å²) in [7, 11) is 1.48. The molecule has 120 valence electrons. The molecule has 3 N–H and O–H groups in total. The van der Waals surface area contributed by atoms with Gasteiger partial charge in [-0.05, 0) is 49.9 Å². The fourth-order valence-electron chi connectivity index (χ4n) is 2.41. The molecule has 0 aliphatic heterocycles. The fourth-order valence-corrected chi connectivity index (χ4v) is 2.41. The number of benzene rings is 1. The molecule has 0 saturated heterocycles. The van der Waals surface area contributed by atoms with Crippen LogP contribution in [-0.2, 0) is 14.3 Å². The summed E-state index contributed by atoms with van der Waals surface area (Å²) in [4.78, 5) is 23.7. The highest BCUT2D eigenvalue weighted by Gasteiger charge is 2.20. The first-order chi connectivity index (χ1) is 10.6. The summed E-state index contributed by atoms with van der Waals surface area (Å²) in [5, 5.41) is 2.67. The van der Waals surface area contributed by atoms with E-state index in [1.807, 2.05) is 0 Å². The number of amides is 1. The Labute approximate surface area is 130 Å². The third kappa shape index (κ3) is 4.54. The Bertz CT molecular complexity index is 509. The SMILES string of the molecule is COC[C@H](N)C(=O)Nc1ccc(C(=O)OC2CCCC2)cc1. The Morgan fingerprint density at radius 1 is 1.27 bits per heavy atom. The molecule has 0 aromatic heterocycles. The van der Waals surface area contributed by atoms with Gasteiger partial charge in [0, 0.05) is 12.8 Å². The number of nitrogens with two attached hydrogens (primary N) is 1. The summed E-state index contributed by atoms with van der Waals surface area (Å²) in [6, 6.07) is 5.85. The van der Waals surface area contributed by atoms with E-state index in [9.17, 15) is 9.59 Å². The number of esters is 1. The molecule has 1 atom stereocenters. The molecule has 1 saturated carbocycles. The lowest BCUT2D eigenvalue weighted by Gasteiger charge is -2.13. The van der Waals surface area contributed by atoms with Crippen LogP contribution in [0.5, 0.6) is 0 Å². The molecule has 2 rings (SSSR count). The predicted octanol–water partition coefficient (Wildman–Crippen LogP) is 1.70. The minimum atomic E-state index is -0.725. The van der Waals surface area contributed by atoms with Crippen LogP contribution in [0.4, 0.5) is 5.69 Å². The van der Waals surface area contributed by atoms with Crippen molar-refractivity contribution in [2.75, 3.05) is 19.0 Å². The highest BCUT2D eigenvalue weighted by Crippen LogP contribution is 2.22. The Morgan fingerprint density at radius 2 is 1.91 bits per heavy atom. The number of anilines is 1. The summed E-state index contributed by atoms with van der Waals surface area (Å²) in [5.41, 5.74) is 6.69. The van der Waals surface area contributed by atoms with E-state index in [1.54, 1.807) is 24.3 Å². The molecule has 22 heavy (non-hydrogen) atoms. The van der Waals surface area contributed by atoms with Crippen LogP contribution in [0, 0.1) is 0 Å². The summed E-state index contributed by atoms with van der Waals surface area (Å²) >= 11 is 0. The number of methoxy groups -OCH3 is 1. The normalized spacial score (nSPS) is 16.3. The van der Waals surface area contributed by atoms with Crippen molar-refractivity contribution in [3.63, 3.8) is 0 Å². The van der Waals surface area contributed by atoms with Crippen LogP contribution in [0.2, 0.25) is 0 Å². The number of hydrogen-bond donors (Lipinski definition) is 2. The topological polar surface area (TPSA) is 90.6 Å². The summed E-state index contributed by atoms with van der Waals surface area (Å²) in [6.45, 7) is 0.150. The van der Waals surface area contributed by atoms with Gasteiger partial charge in [0.2, 0.25) is 5.91 Å². The number of hydrogen-bond acceptors (Lipinski definition) is 5. The zero-order chi connectivity index (χ0) is 15.9. The van der Waals surface area contributed by atoms with Crippen molar-refractivity contribution in [3.8, 4) is 0 Å². The number of carbonyl (C=O) groups excluding carboxylic acids is 2. The molecule has 0 unspecified atom stereocenters. The smallest absolute Gasteiger partial charge is 0.338 e. The van der Waals surface area contributed by atoms with E-state index in [1.165, 1.54) is 7.11 Å². The second kappa shape index (κ2) is 7.91. The van der Waals surface area contributed by atoms with Crippen molar-refractivity contribution in [3.05, 3.63) is 29.8 Å². The van der Waals surface area contributed by atoms with E-state index in [0.29, 0.717) is 11.3 Å². The van der Waals surface area contributed by atoms with Gasteiger partial charge in [-0.15, -0.1) is 0 Å². The maximum atomic E-state index is 12.0. The molecule has 0 radical (unpaired) electrons. The Morgan fingerprint density at radius 3 is 2.50 bits per heavy atom. The predicted molar refractivity (Wildman–Crippen MR) is 82.6 cm³/mol. The summed E-state index contributed by atoms with van der Waals surface area (Å²) < 4.78 is 10.3. The second-order valence-corrected chi connectivity index (χ2v) is 5.44. The van der Waals surface area contributed by atoms with E-state index < -0.39 is 6.04 Å². The molecule has 1 amide bonds. The minimum Gasteiger partial charge on any atom is -0.459 e. The lowest BCUT2D eigenvalue weighted by atomic mass is 10.2. The van der Waals surface area contributed by atoms with E-state index >= 15 is 0 Å². The van der Waals surface area contributed by atoms with E-state index in [2.05, 4.69) is 5.32 Å². The zero-order valence-corrected chi connectivity index (χ0v) is 12.7. The minimum absolute atomic E-state index is 0.0407. The van der Waals surface area contributed by atoms with E-state index in [-0.39, 0.29) is 24.6 Å². The molecule has 1 aliphatic rings. The summed E-state index contributed by atoms with van der Waals surface area (Å²) in [6.07, 6.45) is 4.16. The van der Waals surface area contributed by atoms with Gasteiger partial charge in [0.15, 0.2) is 0 Å². The quantitative estimate of drug-likeness (QED) is 0.781. The number of nitrogens with one attached hydrogen (secondary N) is 1. The molecule has 6 nitrogen and oxygen atoms in total. The number of rotatable bonds is 6. The van der Waals surface area contributed by atoms with Gasteiger partial charge in [-0.25, -0.2) is 4.79 Å². The van der Waals surface area contributed by atoms with Crippen molar-refractivity contribution in [2.45, 2.75) is 37.8 Å². The van der Waals surface area contributed by atoms with Crippen molar-refractivity contribution in [1.82, 2.24) is 0 Å². The van der Waals surface area contributed by atoms with E-state index in [0.717, 1.165) is 25.7 Å². The van der Waals surface area contributed by atoms with Gasteiger partial charge in [0.05, 0.1) is 12.2 Å². The Kier molecular flexibility index (Phi) is 5.91. The third-order valence-corrected chi connectivity index (χ3v) is 3.65. The molecule has 0 heterocycles. The van der Waals surface area contributed by atoms with Crippen LogP contribution in [0.15, 0.2) is 24.3 Å². The largest absolute Gasteiger partial charge is 0.459 e. The van der Waals surface area contributed by atoms with Crippen LogP contribution in [-0.4, -0.2) is 37.7 Å². The van der Waals surface area contributed by atoms with Gasteiger partial charge in [0.25, 0.3) is 0 Å². The number of ether oxygens (including phenoxy) is 2. The van der Waals surface area contributed by atoms with Gasteiger partial charge in [0.1, 0.15) is 12.1 Å². The van der Waals surface area contributed by atoms with Gasteiger partial charge in [-0.1, -0.05) is 0 Å². The van der Waals surface area contributed by atoms with Gasteiger partial charge < -0.3 is 20.5 Å². The zero-order valence-electron chi connectivity index (χ0n) is 12.7. The van der Waals surface area contributed by atoms with Crippen molar-refractivity contribution < 1.29 is 19.1 Å². The third-order valence-electron chi connectivity index (χ3n) is 3.65. The lowest BCUT2D eigenvalue weighted by Crippen LogP contribution is -2.39. The van der Waals surface area contributed by atoms with Gasteiger partial charge in [-0.3, -0.25) is 4.79 Å². The van der Waals surface area contributed by atoms with Crippen LogP contribution in [0.3, 0.4) is 0 Å². The maximum absolute atomic E-state index is 12.0. The Hall–Kier alpha value is -1.92. The number of carbonyl (C=O) groups is 2. The van der Waals surface area contributed by atoms with Crippen LogP contribution in [0.25, 0.3) is 0 Å². The van der Waals surface area contributed by atoms with E-state index in [4.69, 9.17) is 15.2 Å². The van der Waals surface area contributed by atoms with Crippen LogP contribution in [0.1, 0.15) is 36.0 Å². The average Bonchev–Trinajstić information content (AvgIpc) is 3.01. The van der Waals surface area contributed by atoms with Gasteiger partial charge in [-0.2, -0.15) is 0 Å². The lowest BCUT2D eigenvalue weighted by molar-refractivity contribution is -0.118. The molecule has 6 heteroatoms. The fraction of sp³-hybridized carbons (Fsp3) is 0.500. The molecule has 0 spiro atoms. The first kappa shape index (κ1) is 16.5. The second-order valence-electron chi connectivity index (χ2n) is 5.44. The molecule has 1 fully saturated rings. The van der Waals surface area contributed by atoms with Gasteiger partial charge >= 0.3 is 5.97 Å².